The Morgan fingerprint density at radius 1 is 0.879 bits per heavy atom. The lowest BCUT2D eigenvalue weighted by Gasteiger charge is -2.33. The molecule has 0 radical (unpaired) electrons. The molecule has 0 bridgehead atoms. The molecule has 0 N–H and O–H groups in total. The van der Waals surface area contributed by atoms with Crippen LogP contribution in [0.5, 0.6) is 0 Å². The van der Waals surface area contributed by atoms with Gasteiger partial charge in [-0.3, -0.25) is 19.2 Å². The Balaban J connectivity index is 5.28. The highest BCUT2D eigenvalue weighted by Gasteiger charge is 2.32. The summed E-state index contributed by atoms with van der Waals surface area (Å²) >= 11 is 0. The second-order valence-electron chi connectivity index (χ2n) is 8.66. The van der Waals surface area contributed by atoms with Crippen LogP contribution in [0.2, 0.25) is 0 Å². The molecule has 0 saturated heterocycles. The molecular weight excluding hydrogens is 432 g/mol. The molecule has 0 saturated carbocycles. The number of aldehydes is 2. The Bertz CT molecular complexity index is 787. The summed E-state index contributed by atoms with van der Waals surface area (Å²) in [7, 11) is 0. The van der Waals surface area contributed by atoms with Gasteiger partial charge in [0.15, 0.2) is 12.6 Å². The van der Waals surface area contributed by atoms with Crippen molar-refractivity contribution in [2.24, 2.45) is 11.3 Å². The normalized spacial score (nSPS) is 11.5. The standard InChI is InChI=1S/C23H34N2O8/c1-16(2)19(28)24(21(30)32-12-10-26)9-8-18(5)14-23(6,7)15-25(20(29)17(3)4)22(31)33-13-11-27/h10-11,18H,1,3,8-9,12-15H2,2,4-7H3. The molecule has 4 amide bonds. The van der Waals surface area contributed by atoms with Gasteiger partial charge in [0.25, 0.3) is 11.8 Å². The van der Waals surface area contributed by atoms with Crippen molar-refractivity contribution >= 4 is 36.6 Å². The van der Waals surface area contributed by atoms with Crippen LogP contribution in [-0.4, -0.2) is 72.7 Å². The number of hydrogen-bond donors (Lipinski definition) is 0. The van der Waals surface area contributed by atoms with Gasteiger partial charge in [0.1, 0.15) is 13.2 Å². The van der Waals surface area contributed by atoms with Crippen LogP contribution in [0.15, 0.2) is 24.3 Å². The first-order valence-corrected chi connectivity index (χ1v) is 10.4. The first kappa shape index (κ1) is 29.7. The Morgan fingerprint density at radius 2 is 1.30 bits per heavy atom. The van der Waals surface area contributed by atoms with Crippen LogP contribution in [0.4, 0.5) is 9.59 Å². The molecular formula is C23H34N2O8. The summed E-state index contributed by atoms with van der Waals surface area (Å²) in [6.45, 7) is 14.8. The van der Waals surface area contributed by atoms with E-state index in [4.69, 9.17) is 9.47 Å². The van der Waals surface area contributed by atoms with Gasteiger partial charge >= 0.3 is 12.2 Å². The van der Waals surface area contributed by atoms with Gasteiger partial charge in [0.2, 0.25) is 0 Å². The van der Waals surface area contributed by atoms with Crippen molar-refractivity contribution in [3.63, 3.8) is 0 Å². The zero-order valence-corrected chi connectivity index (χ0v) is 20.0. The first-order chi connectivity index (χ1) is 15.3. The second kappa shape index (κ2) is 14.0. The maximum atomic E-state index is 12.4. The lowest BCUT2D eigenvalue weighted by atomic mass is 9.81. The van der Waals surface area contributed by atoms with Gasteiger partial charge in [-0.25, -0.2) is 19.4 Å². The number of carbonyl (C=O) groups is 6. The fourth-order valence-corrected chi connectivity index (χ4v) is 3.21. The van der Waals surface area contributed by atoms with Crippen molar-refractivity contribution in [1.82, 2.24) is 9.80 Å². The van der Waals surface area contributed by atoms with Crippen LogP contribution in [0.25, 0.3) is 0 Å². The summed E-state index contributed by atoms with van der Waals surface area (Å²) in [5, 5.41) is 0. The second-order valence-corrected chi connectivity index (χ2v) is 8.66. The average Bonchev–Trinajstić information content (AvgIpc) is 2.73. The molecule has 1 atom stereocenters. The van der Waals surface area contributed by atoms with E-state index in [0.29, 0.717) is 25.4 Å². The average molecular weight is 467 g/mol. The van der Waals surface area contributed by atoms with Gasteiger partial charge in [-0.1, -0.05) is 33.9 Å². The number of imide groups is 2. The summed E-state index contributed by atoms with van der Waals surface area (Å²) in [5.41, 5.74) is -0.273. The third-order valence-electron chi connectivity index (χ3n) is 4.54. The highest BCUT2D eigenvalue weighted by Crippen LogP contribution is 2.29. The lowest BCUT2D eigenvalue weighted by molar-refractivity contribution is -0.128. The number of nitrogens with zero attached hydrogens (tertiary/aromatic N) is 2. The smallest absolute Gasteiger partial charge is 0.417 e. The molecule has 10 heteroatoms. The molecule has 0 heterocycles. The van der Waals surface area contributed by atoms with E-state index in [1.807, 2.05) is 20.8 Å². The fourth-order valence-electron chi connectivity index (χ4n) is 3.21. The van der Waals surface area contributed by atoms with Crippen LogP contribution in [0, 0.1) is 11.3 Å². The topological polar surface area (TPSA) is 127 Å². The van der Waals surface area contributed by atoms with Crippen molar-refractivity contribution in [2.45, 2.75) is 47.5 Å². The van der Waals surface area contributed by atoms with E-state index in [1.54, 1.807) is 0 Å². The van der Waals surface area contributed by atoms with E-state index in [1.165, 1.54) is 13.8 Å². The zero-order chi connectivity index (χ0) is 25.8. The van der Waals surface area contributed by atoms with Crippen molar-refractivity contribution in [1.29, 1.82) is 0 Å². The van der Waals surface area contributed by atoms with Crippen LogP contribution in [0.3, 0.4) is 0 Å². The molecule has 1 unspecified atom stereocenters. The third-order valence-corrected chi connectivity index (χ3v) is 4.54. The Hall–Kier alpha value is -3.30. The largest absolute Gasteiger partial charge is 0.441 e. The molecule has 0 aliphatic carbocycles. The van der Waals surface area contributed by atoms with Gasteiger partial charge in [0.05, 0.1) is 0 Å². The van der Waals surface area contributed by atoms with Crippen LogP contribution >= 0.6 is 0 Å². The molecule has 0 aromatic rings. The molecule has 10 nitrogen and oxygen atoms in total. The van der Waals surface area contributed by atoms with E-state index < -0.39 is 42.6 Å². The minimum Gasteiger partial charge on any atom is -0.441 e. The van der Waals surface area contributed by atoms with Gasteiger partial charge < -0.3 is 9.47 Å². The number of amides is 4. The minimum atomic E-state index is -0.938. The van der Waals surface area contributed by atoms with Crippen molar-refractivity contribution in [3.8, 4) is 0 Å². The van der Waals surface area contributed by atoms with E-state index in [0.717, 1.165) is 9.80 Å². The van der Waals surface area contributed by atoms with Gasteiger partial charge in [-0.15, -0.1) is 0 Å². The Kier molecular flexibility index (Phi) is 12.6. The summed E-state index contributed by atoms with van der Waals surface area (Å²) in [5.74, 6) is -1.25. The maximum absolute atomic E-state index is 12.4. The molecule has 0 aliphatic rings. The number of ether oxygens (including phenoxy) is 2. The van der Waals surface area contributed by atoms with Gasteiger partial charge in [-0.2, -0.15) is 0 Å². The maximum Gasteiger partial charge on any atom is 0.417 e. The number of carbonyl (C=O) groups excluding carboxylic acids is 6. The van der Waals surface area contributed by atoms with E-state index in [-0.39, 0.29) is 30.2 Å². The third kappa shape index (κ3) is 10.7. The molecule has 184 valence electrons. The monoisotopic (exact) mass is 466 g/mol. The number of rotatable bonds is 13. The molecule has 0 aromatic carbocycles. The Morgan fingerprint density at radius 3 is 1.73 bits per heavy atom. The van der Waals surface area contributed by atoms with Crippen LogP contribution < -0.4 is 0 Å². The van der Waals surface area contributed by atoms with E-state index >= 15 is 0 Å². The predicted molar refractivity (Wildman–Crippen MR) is 120 cm³/mol. The SMILES string of the molecule is C=C(C)C(=O)N(CCC(C)CC(C)(C)CN(C(=O)OCC=O)C(=O)C(=C)C)C(=O)OCC=O. The summed E-state index contributed by atoms with van der Waals surface area (Å²) in [4.78, 5) is 71.9. The van der Waals surface area contributed by atoms with Crippen LogP contribution in [0.1, 0.15) is 47.5 Å². The van der Waals surface area contributed by atoms with Crippen molar-refractivity contribution < 1.29 is 38.2 Å². The van der Waals surface area contributed by atoms with Crippen LogP contribution in [-0.2, 0) is 28.7 Å². The highest BCUT2D eigenvalue weighted by atomic mass is 16.6. The first-order valence-electron chi connectivity index (χ1n) is 10.4. The molecule has 0 aliphatic heterocycles. The molecule has 33 heavy (non-hydrogen) atoms. The van der Waals surface area contributed by atoms with Crippen molar-refractivity contribution in [2.75, 3.05) is 26.3 Å². The fraction of sp³-hybridized carbons (Fsp3) is 0.565. The predicted octanol–water partition coefficient (Wildman–Crippen LogP) is 2.91. The summed E-state index contributed by atoms with van der Waals surface area (Å²) in [6.07, 6.45) is -0.128. The molecule has 0 spiro atoms. The molecule has 0 rings (SSSR count). The zero-order valence-electron chi connectivity index (χ0n) is 20.0. The Labute approximate surface area is 194 Å². The highest BCUT2D eigenvalue weighted by molar-refractivity contribution is 6.02. The van der Waals surface area contributed by atoms with E-state index in [2.05, 4.69) is 13.2 Å². The van der Waals surface area contributed by atoms with Gasteiger partial charge in [-0.05, 0) is 38.0 Å². The number of hydrogen-bond acceptors (Lipinski definition) is 8. The summed E-state index contributed by atoms with van der Waals surface area (Å²) < 4.78 is 9.54. The van der Waals surface area contributed by atoms with E-state index in [9.17, 15) is 28.8 Å². The molecule has 0 aromatic heterocycles. The van der Waals surface area contributed by atoms with Gasteiger partial charge in [0, 0.05) is 24.2 Å². The van der Waals surface area contributed by atoms with Crippen molar-refractivity contribution in [3.05, 3.63) is 24.3 Å². The summed E-state index contributed by atoms with van der Waals surface area (Å²) in [6, 6.07) is 0. The quantitative estimate of drug-likeness (QED) is 0.299. The lowest BCUT2D eigenvalue weighted by Crippen LogP contribution is -2.44. The molecule has 0 fully saturated rings. The minimum absolute atomic E-state index is 0.0104.